The normalized spacial score (nSPS) is 34.1. The van der Waals surface area contributed by atoms with Gasteiger partial charge in [-0.3, -0.25) is 19.2 Å². The van der Waals surface area contributed by atoms with E-state index >= 15 is 0 Å². The summed E-state index contributed by atoms with van der Waals surface area (Å²) in [5, 5.41) is 29.8. The fourth-order valence-corrected chi connectivity index (χ4v) is 9.52. The minimum absolute atomic E-state index is 0.0483. The molecule has 3 N–H and O–H groups in total. The lowest BCUT2D eigenvalue weighted by molar-refractivity contribution is -0.315. The maximum absolute atomic E-state index is 14.7. The van der Waals surface area contributed by atoms with Crippen molar-refractivity contribution in [2.24, 2.45) is 22.9 Å². The first-order valence-electron chi connectivity index (χ1n) is 22.5. The number of rotatable bonds is 20. The van der Waals surface area contributed by atoms with Crippen molar-refractivity contribution in [2.45, 2.75) is 213 Å². The summed E-state index contributed by atoms with van der Waals surface area (Å²) >= 11 is 0. The number of esters is 3. The van der Waals surface area contributed by atoms with E-state index in [4.69, 9.17) is 47.5 Å². The van der Waals surface area contributed by atoms with E-state index in [1.165, 1.54) is 34.8 Å². The van der Waals surface area contributed by atoms with Gasteiger partial charge in [-0.2, -0.15) is 0 Å². The van der Waals surface area contributed by atoms with E-state index in [1.54, 1.807) is 48.5 Å². The van der Waals surface area contributed by atoms with Gasteiger partial charge < -0.3 is 67.9 Å². The van der Waals surface area contributed by atoms with Crippen LogP contribution in [0.1, 0.15) is 123 Å². The van der Waals surface area contributed by atoms with Crippen LogP contribution in [0.2, 0.25) is 0 Å². The molecule has 20 nitrogen and oxygen atoms in total. The molecule has 3 aliphatic heterocycles. The Bertz CT molecular complexity index is 1680. The average Bonchev–Trinajstić information content (AvgIpc) is 3.50. The Balaban J connectivity index is 2.22. The zero-order valence-electron chi connectivity index (χ0n) is 41.4. The number of aliphatic hydroxyl groups is 2. The molecule has 1 amide bonds. The molecule has 0 radical (unpaired) electrons. The molecular weight excluding hydrogens is 854 g/mol. The van der Waals surface area contributed by atoms with E-state index in [0.717, 1.165) is 6.92 Å². The number of hydrogen-bond donors (Lipinski definition) is 3. The van der Waals surface area contributed by atoms with Crippen molar-refractivity contribution in [1.82, 2.24) is 10.2 Å². The summed E-state index contributed by atoms with van der Waals surface area (Å²) in [5.74, 6) is -5.40. The van der Waals surface area contributed by atoms with Crippen LogP contribution in [0.25, 0.3) is 0 Å². The Morgan fingerprint density at radius 3 is 2.08 bits per heavy atom. The molecule has 65 heavy (non-hydrogen) atoms. The van der Waals surface area contributed by atoms with E-state index in [2.05, 4.69) is 10.5 Å². The Morgan fingerprint density at radius 2 is 1.55 bits per heavy atom. The Labute approximate surface area is 383 Å². The highest BCUT2D eigenvalue weighted by molar-refractivity contribution is 5.81. The zero-order valence-corrected chi connectivity index (χ0v) is 41.4. The first-order chi connectivity index (χ1) is 30.0. The van der Waals surface area contributed by atoms with Crippen LogP contribution in [0.15, 0.2) is 5.16 Å². The van der Waals surface area contributed by atoms with Gasteiger partial charge in [0.05, 0.1) is 41.9 Å². The molecule has 3 heterocycles. The maximum Gasteiger partial charge on any atom is 0.332 e. The number of ether oxygens (including phenoxy) is 9. The molecule has 3 aliphatic rings. The van der Waals surface area contributed by atoms with Gasteiger partial charge in [0.25, 0.3) is 0 Å². The molecule has 0 aromatic heterocycles. The quantitative estimate of drug-likeness (QED) is 0.0687. The lowest BCUT2D eigenvalue weighted by Crippen LogP contribution is -2.62. The number of amides is 1. The minimum Gasteiger partial charge on any atom is -0.469 e. The Morgan fingerprint density at radius 1 is 0.938 bits per heavy atom. The van der Waals surface area contributed by atoms with Crippen LogP contribution >= 0.6 is 0 Å². The van der Waals surface area contributed by atoms with Crippen molar-refractivity contribution in [3.8, 4) is 0 Å². The third-order valence-corrected chi connectivity index (χ3v) is 12.9. The van der Waals surface area contributed by atoms with Gasteiger partial charge in [0.1, 0.15) is 29.5 Å². The second-order valence-corrected chi connectivity index (χ2v) is 19.0. The molecule has 0 spiro atoms. The summed E-state index contributed by atoms with van der Waals surface area (Å²) in [6, 6.07) is -1.39. The van der Waals surface area contributed by atoms with E-state index in [9.17, 15) is 34.2 Å². The topological polar surface area (TPSA) is 246 Å². The Hall–Kier alpha value is -3.50. The summed E-state index contributed by atoms with van der Waals surface area (Å²) in [6.45, 7) is 21.8. The van der Waals surface area contributed by atoms with Crippen LogP contribution in [-0.2, 0) is 71.4 Å². The molecule has 0 aliphatic carbocycles. The molecule has 3 fully saturated rings. The first-order valence-corrected chi connectivity index (χ1v) is 22.5. The van der Waals surface area contributed by atoms with Crippen molar-refractivity contribution >= 4 is 35.7 Å². The largest absolute Gasteiger partial charge is 0.469 e. The number of likely N-dealkylation sites (N-methyl/N-ethyl adjacent to an activating group) is 1. The summed E-state index contributed by atoms with van der Waals surface area (Å²) in [6.07, 6.45) is -8.95. The fourth-order valence-electron chi connectivity index (χ4n) is 9.52. The van der Waals surface area contributed by atoms with E-state index in [1.807, 2.05) is 32.8 Å². The number of aliphatic hydroxyl groups excluding tert-OH is 1. The molecule has 0 aromatic carbocycles. The highest BCUT2D eigenvalue weighted by Crippen LogP contribution is 2.44. The lowest BCUT2D eigenvalue weighted by atomic mass is 9.78. The molecule has 3 saturated heterocycles. The highest BCUT2D eigenvalue weighted by atomic mass is 16.7. The van der Waals surface area contributed by atoms with E-state index in [-0.39, 0.29) is 43.2 Å². The van der Waals surface area contributed by atoms with Crippen molar-refractivity contribution in [3.63, 3.8) is 0 Å². The average molecular weight is 932 g/mol. The number of carbonyl (C=O) groups is 5. The van der Waals surface area contributed by atoms with Crippen molar-refractivity contribution < 1.29 is 81.7 Å². The van der Waals surface area contributed by atoms with Crippen LogP contribution in [0.4, 0.5) is 0 Å². The minimum atomic E-state index is -1.96. The number of nitrogens with one attached hydrogen (secondary N) is 1. The third-order valence-electron chi connectivity index (χ3n) is 12.9. The maximum atomic E-state index is 14.7. The van der Waals surface area contributed by atoms with Crippen molar-refractivity contribution in [1.29, 1.82) is 0 Å². The van der Waals surface area contributed by atoms with Gasteiger partial charge in [-0.05, 0) is 73.6 Å². The Kier molecular flexibility index (Phi) is 19.8. The monoisotopic (exact) mass is 932 g/mol. The second-order valence-electron chi connectivity index (χ2n) is 19.0. The van der Waals surface area contributed by atoms with Gasteiger partial charge in [0.15, 0.2) is 24.8 Å². The van der Waals surface area contributed by atoms with Gasteiger partial charge in [-0.1, -0.05) is 27.7 Å². The summed E-state index contributed by atoms with van der Waals surface area (Å²) in [7, 11) is 5.20. The van der Waals surface area contributed by atoms with Gasteiger partial charge in [-0.15, -0.1) is 0 Å². The standard InChI is InChI=1S/C45H77N3O17/c1-18-33(59-28(8)49)45(14,55)39(61-30(10)51)26(6)46-40(54)25(5)35(62-34-21-43(12,56-17)37(53)27(7)58-34)24(4)38(44(13)20-22(2)41(64-44)47-65-31(11)52)63-42-36(60-29(9)50)32(48(15)16)19-23(3)57-42/h22-27,32-39,42,53,55H,18-21H2,1-17H3,(H,46,54)/b47-41+/t22-,23-,24+,25-,26-,27-,32-,33-,34-,35+,36-,37-,38-,39-,42+,43+,44+,45-/m1/s1. The molecule has 3 rings (SSSR count). The number of nitrogens with zero attached hydrogens (tertiary/aromatic N) is 2. The lowest BCUT2D eigenvalue weighted by Gasteiger charge is -2.49. The number of hydrogen-bond acceptors (Lipinski definition) is 19. The molecule has 0 unspecified atom stereocenters. The molecular formula is C45H77N3O17. The molecule has 0 saturated carbocycles. The number of methoxy groups -OCH3 is 1. The molecule has 20 heteroatoms. The molecule has 374 valence electrons. The van der Waals surface area contributed by atoms with Gasteiger partial charge >= 0.3 is 23.9 Å². The summed E-state index contributed by atoms with van der Waals surface area (Å²) < 4.78 is 55.9. The van der Waals surface area contributed by atoms with Gasteiger partial charge in [0.2, 0.25) is 11.8 Å². The predicted octanol–water partition coefficient (Wildman–Crippen LogP) is 3.15. The van der Waals surface area contributed by atoms with E-state index in [0.29, 0.717) is 6.42 Å². The highest BCUT2D eigenvalue weighted by Gasteiger charge is 2.56. The van der Waals surface area contributed by atoms with E-state index < -0.39 is 120 Å². The molecule has 0 aromatic rings. The van der Waals surface area contributed by atoms with Crippen LogP contribution in [0.3, 0.4) is 0 Å². The molecule has 18 atom stereocenters. The van der Waals surface area contributed by atoms with Gasteiger partial charge in [0, 0.05) is 59.5 Å². The number of oxime groups is 1. The van der Waals surface area contributed by atoms with Crippen molar-refractivity contribution in [2.75, 3.05) is 21.2 Å². The van der Waals surface area contributed by atoms with Crippen molar-refractivity contribution in [3.05, 3.63) is 0 Å². The second kappa shape index (κ2) is 23.0. The fraction of sp³-hybridized carbons (Fsp3) is 0.867. The van der Waals surface area contributed by atoms with Crippen LogP contribution < -0.4 is 5.32 Å². The first kappa shape index (κ1) is 55.8. The van der Waals surface area contributed by atoms with Crippen LogP contribution in [0.5, 0.6) is 0 Å². The van der Waals surface area contributed by atoms with Crippen LogP contribution in [0, 0.1) is 17.8 Å². The zero-order chi connectivity index (χ0) is 49.5. The summed E-state index contributed by atoms with van der Waals surface area (Å²) in [5.41, 5.74) is -4.36. The van der Waals surface area contributed by atoms with Crippen LogP contribution in [-0.4, -0.2) is 162 Å². The van der Waals surface area contributed by atoms with Gasteiger partial charge in [-0.25, -0.2) is 4.79 Å². The SMILES string of the molecule is CC[C@@H](OC(C)=O)[C@@](C)(O)[C@H](OC(C)=O)[C@@H](C)NC(=O)[C@H](C)[C@@H](O[C@@H]1C[C@](C)(OC)[C@H](O)[C@@H](C)O1)[C@H](C)[C@@H](O[C@@H]1O[C@H](C)C[C@@H](N(C)C)[C@H]1OC(C)=O)[C@]1(C)C[C@@H](C)/C(=N\OC(C)=O)O1. The third kappa shape index (κ3) is 14.0. The number of carbonyl (C=O) groups excluding carboxylic acids is 5. The predicted molar refractivity (Wildman–Crippen MR) is 233 cm³/mol. The molecule has 0 bridgehead atoms. The summed E-state index contributed by atoms with van der Waals surface area (Å²) in [4.78, 5) is 70.6. The smallest absolute Gasteiger partial charge is 0.332 e.